The van der Waals surface area contributed by atoms with Gasteiger partial charge >= 0.3 is 0 Å². The summed E-state index contributed by atoms with van der Waals surface area (Å²) < 4.78 is 11.3. The largest absolute Gasteiger partial charge is 0.497 e. The number of hydrogen-bond donors (Lipinski definition) is 0. The van der Waals surface area contributed by atoms with Gasteiger partial charge in [0.2, 0.25) is 5.88 Å². The lowest BCUT2D eigenvalue weighted by molar-refractivity contribution is -0.116. The van der Waals surface area contributed by atoms with E-state index in [-0.39, 0.29) is 5.78 Å². The summed E-state index contributed by atoms with van der Waals surface area (Å²) in [6, 6.07) is 9.76. The highest BCUT2D eigenvalue weighted by molar-refractivity contribution is 5.98. The van der Waals surface area contributed by atoms with Gasteiger partial charge in [0.15, 0.2) is 5.78 Å². The van der Waals surface area contributed by atoms with E-state index in [4.69, 9.17) is 9.47 Å². The fourth-order valence-corrected chi connectivity index (χ4v) is 3.27. The van der Waals surface area contributed by atoms with Crippen LogP contribution in [0.25, 0.3) is 0 Å². The van der Waals surface area contributed by atoms with Crippen molar-refractivity contribution in [2.24, 2.45) is 0 Å². The fourth-order valence-electron chi connectivity index (χ4n) is 3.27. The van der Waals surface area contributed by atoms with Crippen molar-refractivity contribution in [3.63, 3.8) is 0 Å². The Morgan fingerprint density at radius 1 is 1.21 bits per heavy atom. The van der Waals surface area contributed by atoms with Gasteiger partial charge in [0.1, 0.15) is 18.0 Å². The van der Waals surface area contributed by atoms with Crippen molar-refractivity contribution in [1.82, 2.24) is 9.88 Å². The maximum absolute atomic E-state index is 12.3. The molecule has 1 aliphatic rings. The summed E-state index contributed by atoms with van der Waals surface area (Å²) >= 11 is 0. The minimum atomic E-state index is 0.201. The van der Waals surface area contributed by atoms with Crippen molar-refractivity contribution in [2.75, 3.05) is 39.2 Å². The summed E-state index contributed by atoms with van der Waals surface area (Å²) in [4.78, 5) is 20.8. The second-order valence-electron chi connectivity index (χ2n) is 7.13. The van der Waals surface area contributed by atoms with Crippen LogP contribution in [0.4, 0.5) is 5.69 Å². The lowest BCUT2D eigenvalue weighted by Gasteiger charge is -2.32. The minimum Gasteiger partial charge on any atom is -0.497 e. The Hall–Kier alpha value is -3.02. The third-order valence-electron chi connectivity index (χ3n) is 4.69. The van der Waals surface area contributed by atoms with E-state index in [9.17, 15) is 4.79 Å². The zero-order chi connectivity index (χ0) is 20.1. The molecule has 1 aromatic heterocycles. The van der Waals surface area contributed by atoms with Crippen LogP contribution in [0, 0.1) is 6.92 Å². The fraction of sp³-hybridized carbons (Fsp3) is 0.364. The van der Waals surface area contributed by atoms with Crippen LogP contribution < -0.4 is 14.4 Å². The Bertz CT molecular complexity index is 860. The molecule has 28 heavy (non-hydrogen) atoms. The molecule has 0 atom stereocenters. The summed E-state index contributed by atoms with van der Waals surface area (Å²) in [5, 5.41) is 0. The van der Waals surface area contributed by atoms with Crippen LogP contribution >= 0.6 is 0 Å². The molecule has 1 aromatic carbocycles. The number of carbonyl (C=O) groups is 1. The van der Waals surface area contributed by atoms with E-state index in [0.29, 0.717) is 32.0 Å². The lowest BCUT2D eigenvalue weighted by atomic mass is 10.0. The summed E-state index contributed by atoms with van der Waals surface area (Å²) in [6.07, 6.45) is 4.15. The van der Waals surface area contributed by atoms with Crippen molar-refractivity contribution in [3.05, 3.63) is 59.4 Å². The van der Waals surface area contributed by atoms with Crippen molar-refractivity contribution >= 4 is 11.5 Å². The van der Waals surface area contributed by atoms with Gasteiger partial charge in [0, 0.05) is 51.6 Å². The molecule has 1 aliphatic heterocycles. The molecule has 0 saturated carbocycles. The Morgan fingerprint density at radius 2 is 1.96 bits per heavy atom. The number of aromatic nitrogens is 1. The smallest absolute Gasteiger partial charge is 0.238 e. The molecule has 0 radical (unpaired) electrons. The van der Waals surface area contributed by atoms with E-state index in [2.05, 4.69) is 9.88 Å². The van der Waals surface area contributed by atoms with E-state index >= 15 is 0 Å². The molecule has 2 heterocycles. The Kier molecular flexibility index (Phi) is 6.19. The molecule has 2 aromatic rings. The highest BCUT2D eigenvalue weighted by Gasteiger charge is 2.25. The third kappa shape index (κ3) is 4.63. The van der Waals surface area contributed by atoms with Crippen LogP contribution in [0.3, 0.4) is 0 Å². The van der Waals surface area contributed by atoms with Crippen molar-refractivity contribution in [2.45, 2.75) is 20.0 Å². The lowest BCUT2D eigenvalue weighted by Crippen LogP contribution is -2.37. The summed E-state index contributed by atoms with van der Waals surface area (Å²) in [5.74, 6) is 1.61. The molecule has 0 spiro atoms. The SMILES string of the molecule is COc1ccc(COc2nccc(C)c2N2CCC(=O)C(=CN(C)C)C2)cc1. The number of pyridine rings is 1. The molecular weight excluding hydrogens is 354 g/mol. The van der Waals surface area contributed by atoms with E-state index in [1.54, 1.807) is 13.3 Å². The molecule has 0 amide bonds. The molecule has 6 heteroatoms. The number of anilines is 1. The Labute approximate surface area is 166 Å². The molecular formula is C22H27N3O3. The van der Waals surface area contributed by atoms with Crippen molar-refractivity contribution < 1.29 is 14.3 Å². The third-order valence-corrected chi connectivity index (χ3v) is 4.69. The number of nitrogens with zero attached hydrogens (tertiary/aromatic N) is 3. The molecule has 0 unspecified atom stereocenters. The molecule has 1 fully saturated rings. The number of piperidine rings is 1. The molecule has 0 N–H and O–H groups in total. The zero-order valence-corrected chi connectivity index (χ0v) is 16.9. The van der Waals surface area contributed by atoms with Gasteiger partial charge in [-0.25, -0.2) is 4.98 Å². The number of methoxy groups -OCH3 is 1. The highest BCUT2D eigenvalue weighted by atomic mass is 16.5. The van der Waals surface area contributed by atoms with Crippen molar-refractivity contribution in [3.8, 4) is 11.6 Å². The van der Waals surface area contributed by atoms with Crippen LogP contribution in [0.5, 0.6) is 11.6 Å². The van der Waals surface area contributed by atoms with Gasteiger partial charge in [-0.2, -0.15) is 0 Å². The first-order valence-electron chi connectivity index (χ1n) is 9.34. The number of Topliss-reactive ketones (excluding diaryl/α,β-unsaturated/α-hetero) is 1. The maximum atomic E-state index is 12.3. The topological polar surface area (TPSA) is 54.9 Å². The number of carbonyl (C=O) groups excluding carboxylic acids is 1. The quantitative estimate of drug-likeness (QED) is 0.717. The minimum absolute atomic E-state index is 0.201. The number of aryl methyl sites for hydroxylation is 1. The summed E-state index contributed by atoms with van der Waals surface area (Å²) in [7, 11) is 5.51. The van der Waals surface area contributed by atoms with E-state index in [0.717, 1.165) is 28.1 Å². The molecule has 3 rings (SSSR count). The Morgan fingerprint density at radius 3 is 2.64 bits per heavy atom. The predicted octanol–water partition coefficient (Wildman–Crippen LogP) is 3.20. The zero-order valence-electron chi connectivity index (χ0n) is 16.9. The van der Waals surface area contributed by atoms with Crippen LogP contribution in [0.15, 0.2) is 48.3 Å². The van der Waals surface area contributed by atoms with E-state index < -0.39 is 0 Å². The van der Waals surface area contributed by atoms with E-state index in [1.807, 2.05) is 62.5 Å². The second-order valence-corrected chi connectivity index (χ2v) is 7.13. The number of hydrogen-bond acceptors (Lipinski definition) is 6. The maximum Gasteiger partial charge on any atom is 0.238 e. The number of rotatable bonds is 6. The predicted molar refractivity (Wildman–Crippen MR) is 110 cm³/mol. The number of benzene rings is 1. The second kappa shape index (κ2) is 8.78. The molecule has 0 bridgehead atoms. The monoisotopic (exact) mass is 381 g/mol. The number of ketones is 1. The standard InChI is InChI=1S/C22H27N3O3/c1-16-9-11-23-22(28-15-17-5-7-19(27-4)8-6-17)21(16)25-12-10-20(26)18(14-25)13-24(2)3/h5-9,11,13H,10,12,14-15H2,1-4H3. The normalized spacial score (nSPS) is 15.6. The van der Waals surface area contributed by atoms with Crippen LogP contribution in [-0.4, -0.2) is 50.0 Å². The molecule has 6 nitrogen and oxygen atoms in total. The summed E-state index contributed by atoms with van der Waals surface area (Å²) in [6.45, 7) is 3.68. The molecule has 1 saturated heterocycles. The average Bonchev–Trinajstić information content (AvgIpc) is 2.68. The van der Waals surface area contributed by atoms with Gasteiger partial charge in [0.25, 0.3) is 0 Å². The van der Waals surface area contributed by atoms with Crippen LogP contribution in [0.2, 0.25) is 0 Å². The Balaban J connectivity index is 1.80. The first-order valence-corrected chi connectivity index (χ1v) is 9.34. The van der Waals surface area contributed by atoms with Gasteiger partial charge < -0.3 is 19.3 Å². The van der Waals surface area contributed by atoms with E-state index in [1.165, 1.54) is 0 Å². The average molecular weight is 381 g/mol. The van der Waals surface area contributed by atoms with Gasteiger partial charge in [-0.15, -0.1) is 0 Å². The first-order chi connectivity index (χ1) is 13.5. The molecule has 0 aliphatic carbocycles. The van der Waals surface area contributed by atoms with Gasteiger partial charge in [0.05, 0.1) is 7.11 Å². The number of ether oxygens (including phenoxy) is 2. The highest BCUT2D eigenvalue weighted by Crippen LogP contribution is 2.33. The van der Waals surface area contributed by atoms with Crippen LogP contribution in [-0.2, 0) is 11.4 Å². The van der Waals surface area contributed by atoms with Gasteiger partial charge in [-0.1, -0.05) is 12.1 Å². The van der Waals surface area contributed by atoms with Crippen LogP contribution in [0.1, 0.15) is 17.5 Å². The molecule has 148 valence electrons. The van der Waals surface area contributed by atoms with Crippen molar-refractivity contribution in [1.29, 1.82) is 0 Å². The first kappa shape index (κ1) is 19.7. The summed E-state index contributed by atoms with van der Waals surface area (Å²) in [5.41, 5.74) is 3.88. The van der Waals surface area contributed by atoms with Gasteiger partial charge in [-0.3, -0.25) is 4.79 Å². The van der Waals surface area contributed by atoms with Gasteiger partial charge in [-0.05, 0) is 36.2 Å².